The normalized spacial score (nSPS) is 20.5. The van der Waals surface area contributed by atoms with Gasteiger partial charge in [-0.05, 0) is 29.7 Å². The summed E-state index contributed by atoms with van der Waals surface area (Å²) in [5, 5.41) is 9.27. The Morgan fingerprint density at radius 2 is 2.06 bits per heavy atom. The maximum absolute atomic E-state index is 12.5. The number of halogens is 3. The first-order chi connectivity index (χ1) is 15.6. The van der Waals surface area contributed by atoms with Crippen molar-refractivity contribution in [3.63, 3.8) is 0 Å². The summed E-state index contributed by atoms with van der Waals surface area (Å²) in [4.78, 5) is 31.3. The smallest absolute Gasteiger partial charge is 0.475 e. The minimum Gasteiger partial charge on any atom is -0.475 e. The first-order valence-electron chi connectivity index (χ1n) is 10.4. The lowest BCUT2D eigenvalue weighted by atomic mass is 9.71. The van der Waals surface area contributed by atoms with Gasteiger partial charge in [0.15, 0.2) is 12.1 Å². The van der Waals surface area contributed by atoms with Crippen LogP contribution in [0.1, 0.15) is 28.2 Å². The molecule has 0 radical (unpaired) electrons. The van der Waals surface area contributed by atoms with Gasteiger partial charge in [-0.3, -0.25) is 9.69 Å². The maximum Gasteiger partial charge on any atom is 0.490 e. The fourth-order valence-electron chi connectivity index (χ4n) is 4.52. The van der Waals surface area contributed by atoms with Gasteiger partial charge in [-0.25, -0.2) is 9.78 Å². The van der Waals surface area contributed by atoms with Crippen molar-refractivity contribution in [2.45, 2.75) is 25.6 Å². The van der Waals surface area contributed by atoms with Gasteiger partial charge in [0.05, 0.1) is 6.61 Å². The molecule has 2 saturated heterocycles. The molecule has 182 valence electrons. The highest BCUT2D eigenvalue weighted by atomic mass is 32.1. The van der Waals surface area contributed by atoms with Crippen molar-refractivity contribution in [3.05, 3.63) is 40.7 Å². The molecule has 0 aliphatic carbocycles. The number of thiophene rings is 1. The molecule has 12 heteroatoms. The standard InChI is InChI=1S/C19H25N3O3S.C2HF3O2/c1-24-11-15-9-21(10-16-3-2-8-26-16)13-19(15)4-6-22(7-5-19)18(23)17-12-25-14-20-17;3-2(4,5)1(6)7/h2-3,8,12,14-15H,4-7,9-11,13H2,1H3;(H,6,7). The third kappa shape index (κ3) is 6.33. The Balaban J connectivity index is 0.000000383. The van der Waals surface area contributed by atoms with Crippen molar-refractivity contribution < 1.29 is 37.0 Å². The number of oxazole rings is 1. The molecule has 0 saturated carbocycles. The van der Waals surface area contributed by atoms with Crippen LogP contribution >= 0.6 is 11.3 Å². The van der Waals surface area contributed by atoms with Crippen LogP contribution in [0.15, 0.2) is 34.6 Å². The number of likely N-dealkylation sites (tertiary alicyclic amines) is 2. The zero-order chi connectivity index (χ0) is 24.1. The Kier molecular flexibility index (Phi) is 8.14. The van der Waals surface area contributed by atoms with Gasteiger partial charge in [-0.2, -0.15) is 13.2 Å². The number of alkyl halides is 3. The molecule has 2 aliphatic rings. The molecule has 2 fully saturated rings. The molecule has 4 rings (SSSR count). The van der Waals surface area contributed by atoms with E-state index >= 15 is 0 Å². The third-order valence-electron chi connectivity index (χ3n) is 6.15. The summed E-state index contributed by atoms with van der Waals surface area (Å²) in [6.07, 6.45) is -0.303. The number of methoxy groups -OCH3 is 1. The average molecular weight is 490 g/mol. The first-order valence-corrected chi connectivity index (χ1v) is 11.2. The maximum atomic E-state index is 12.5. The van der Waals surface area contributed by atoms with Crippen LogP contribution in [0.5, 0.6) is 0 Å². The fourth-order valence-corrected chi connectivity index (χ4v) is 5.27. The number of piperidine rings is 1. The van der Waals surface area contributed by atoms with Crippen LogP contribution in [0, 0.1) is 11.3 Å². The number of ether oxygens (including phenoxy) is 1. The summed E-state index contributed by atoms with van der Waals surface area (Å²) in [7, 11) is 1.79. The Morgan fingerprint density at radius 3 is 2.58 bits per heavy atom. The number of hydrogen-bond donors (Lipinski definition) is 1. The lowest BCUT2D eigenvalue weighted by molar-refractivity contribution is -0.192. The molecule has 1 spiro atoms. The summed E-state index contributed by atoms with van der Waals surface area (Å²) >= 11 is 1.82. The van der Waals surface area contributed by atoms with Gasteiger partial charge in [0.1, 0.15) is 6.26 Å². The van der Waals surface area contributed by atoms with Gasteiger partial charge < -0.3 is 19.2 Å². The predicted molar refractivity (Wildman–Crippen MR) is 113 cm³/mol. The van der Waals surface area contributed by atoms with E-state index in [1.165, 1.54) is 17.5 Å². The molecule has 0 aromatic carbocycles. The first kappa shape index (κ1) is 25.2. The summed E-state index contributed by atoms with van der Waals surface area (Å²) in [5.74, 6) is -2.26. The number of nitrogens with zero attached hydrogens (tertiary/aromatic N) is 3. The number of aromatic nitrogens is 1. The van der Waals surface area contributed by atoms with E-state index < -0.39 is 12.1 Å². The average Bonchev–Trinajstić information content (AvgIpc) is 3.52. The molecule has 8 nitrogen and oxygen atoms in total. The lowest BCUT2D eigenvalue weighted by Gasteiger charge is -2.42. The van der Waals surface area contributed by atoms with Crippen molar-refractivity contribution in [1.29, 1.82) is 0 Å². The fraction of sp³-hybridized carbons (Fsp3) is 0.571. The highest BCUT2D eigenvalue weighted by Gasteiger charge is 2.48. The number of rotatable bonds is 5. The summed E-state index contributed by atoms with van der Waals surface area (Å²) in [6.45, 7) is 5.52. The number of carbonyl (C=O) groups is 2. The van der Waals surface area contributed by atoms with Crippen LogP contribution in [-0.4, -0.2) is 77.8 Å². The van der Waals surface area contributed by atoms with Crippen LogP contribution in [0.2, 0.25) is 0 Å². The van der Waals surface area contributed by atoms with Crippen LogP contribution in [0.3, 0.4) is 0 Å². The molecule has 1 N–H and O–H groups in total. The second kappa shape index (κ2) is 10.7. The van der Waals surface area contributed by atoms with Crippen LogP contribution in [-0.2, 0) is 16.1 Å². The van der Waals surface area contributed by atoms with Crippen molar-refractivity contribution in [2.24, 2.45) is 11.3 Å². The SMILES string of the molecule is COCC1CN(Cc2cccs2)CC12CCN(C(=O)c1cocn1)CC2.O=C(O)C(F)(F)F. The third-order valence-corrected chi connectivity index (χ3v) is 7.01. The Hall–Kier alpha value is -2.44. The van der Waals surface area contributed by atoms with Crippen molar-refractivity contribution in [1.82, 2.24) is 14.8 Å². The summed E-state index contributed by atoms with van der Waals surface area (Å²) in [5.41, 5.74) is 0.647. The highest BCUT2D eigenvalue weighted by molar-refractivity contribution is 7.09. The number of amides is 1. The Labute approximate surface area is 192 Å². The van der Waals surface area contributed by atoms with Gasteiger partial charge >= 0.3 is 12.1 Å². The monoisotopic (exact) mass is 489 g/mol. The number of carboxylic acid groups (broad SMARTS) is 1. The minimum absolute atomic E-state index is 0.0228. The predicted octanol–water partition coefficient (Wildman–Crippen LogP) is 3.37. The van der Waals surface area contributed by atoms with Crippen molar-refractivity contribution >= 4 is 23.2 Å². The molecule has 33 heavy (non-hydrogen) atoms. The van der Waals surface area contributed by atoms with Crippen LogP contribution in [0.4, 0.5) is 13.2 Å². The number of carboxylic acids is 1. The van der Waals surface area contributed by atoms with Gasteiger partial charge in [-0.1, -0.05) is 6.07 Å². The van der Waals surface area contributed by atoms with Gasteiger partial charge in [0.2, 0.25) is 0 Å². The van der Waals surface area contributed by atoms with Crippen LogP contribution in [0.25, 0.3) is 0 Å². The molecular weight excluding hydrogens is 463 g/mol. The lowest BCUT2D eigenvalue weighted by Crippen LogP contribution is -2.47. The van der Waals surface area contributed by atoms with Gasteiger partial charge in [-0.15, -0.1) is 11.3 Å². The number of hydrogen-bond acceptors (Lipinski definition) is 7. The zero-order valence-electron chi connectivity index (χ0n) is 18.1. The Morgan fingerprint density at radius 1 is 1.36 bits per heavy atom. The van der Waals surface area contributed by atoms with Gasteiger partial charge in [0, 0.05) is 50.6 Å². The van der Waals surface area contributed by atoms with E-state index in [1.807, 2.05) is 16.2 Å². The minimum atomic E-state index is -5.08. The summed E-state index contributed by atoms with van der Waals surface area (Å²) < 4.78 is 42.2. The second-order valence-corrected chi connectivity index (χ2v) is 9.26. The largest absolute Gasteiger partial charge is 0.490 e. The molecule has 1 unspecified atom stereocenters. The highest BCUT2D eigenvalue weighted by Crippen LogP contribution is 2.45. The summed E-state index contributed by atoms with van der Waals surface area (Å²) in [6, 6.07) is 4.33. The second-order valence-electron chi connectivity index (χ2n) is 8.23. The Bertz CT molecular complexity index is 897. The molecular formula is C21H26F3N3O5S. The molecule has 1 atom stereocenters. The quantitative estimate of drug-likeness (QED) is 0.688. The van der Waals surface area contributed by atoms with E-state index in [4.69, 9.17) is 19.1 Å². The van der Waals surface area contributed by atoms with E-state index in [2.05, 4.69) is 27.4 Å². The van der Waals surface area contributed by atoms with Crippen molar-refractivity contribution in [2.75, 3.05) is 39.9 Å². The van der Waals surface area contributed by atoms with E-state index in [1.54, 1.807) is 7.11 Å². The van der Waals surface area contributed by atoms with Gasteiger partial charge in [0.25, 0.3) is 5.91 Å². The molecule has 4 heterocycles. The van der Waals surface area contributed by atoms with Crippen LogP contribution < -0.4 is 0 Å². The molecule has 2 aromatic heterocycles. The van der Waals surface area contributed by atoms with E-state index in [9.17, 15) is 18.0 Å². The zero-order valence-corrected chi connectivity index (χ0v) is 18.9. The van der Waals surface area contributed by atoms with Crippen molar-refractivity contribution in [3.8, 4) is 0 Å². The number of aliphatic carboxylic acids is 1. The van der Waals surface area contributed by atoms with E-state index in [0.29, 0.717) is 11.6 Å². The molecule has 1 amide bonds. The molecule has 0 bridgehead atoms. The topological polar surface area (TPSA) is 96.1 Å². The molecule has 2 aliphatic heterocycles. The van der Waals surface area contributed by atoms with E-state index in [-0.39, 0.29) is 11.3 Å². The van der Waals surface area contributed by atoms with E-state index in [0.717, 1.165) is 52.2 Å². The number of carbonyl (C=O) groups excluding carboxylic acids is 1. The molecule has 2 aromatic rings.